The molecule has 3 aliphatic rings. The summed E-state index contributed by atoms with van der Waals surface area (Å²) in [5, 5.41) is 19.9. The summed E-state index contributed by atoms with van der Waals surface area (Å²) in [7, 11) is 0. The first-order valence-corrected chi connectivity index (χ1v) is 11.3. The van der Waals surface area contributed by atoms with Gasteiger partial charge in [-0.1, -0.05) is 12.1 Å². The molecule has 3 unspecified atom stereocenters. The first-order chi connectivity index (χ1) is 15.5. The van der Waals surface area contributed by atoms with Gasteiger partial charge in [0.1, 0.15) is 13.2 Å². The summed E-state index contributed by atoms with van der Waals surface area (Å²) in [5.41, 5.74) is 4.13. The topological polar surface area (TPSA) is 68.2 Å². The number of rotatable bonds is 5. The Balaban J connectivity index is 1.55. The van der Waals surface area contributed by atoms with Crippen LogP contribution in [0.15, 0.2) is 24.3 Å². The summed E-state index contributed by atoms with van der Waals surface area (Å²) in [6.07, 6.45) is -0.696. The first-order valence-electron chi connectivity index (χ1n) is 11.3. The highest BCUT2D eigenvalue weighted by atomic mass is 19.3. The molecule has 1 fully saturated rings. The van der Waals surface area contributed by atoms with Crippen LogP contribution < -0.4 is 9.47 Å². The molecule has 32 heavy (non-hydrogen) atoms. The largest absolute Gasteiger partial charge is 0.486 e. The number of benzene rings is 2. The fourth-order valence-electron chi connectivity index (χ4n) is 5.34. The van der Waals surface area contributed by atoms with E-state index in [4.69, 9.17) is 14.2 Å². The molecule has 2 heterocycles. The van der Waals surface area contributed by atoms with Crippen molar-refractivity contribution >= 4 is 0 Å². The molecular formula is C25H28F2O5. The lowest BCUT2D eigenvalue weighted by Crippen LogP contribution is -2.34. The number of halogens is 2. The predicted molar refractivity (Wildman–Crippen MR) is 114 cm³/mol. The van der Waals surface area contributed by atoms with Crippen LogP contribution in [0.4, 0.5) is 8.78 Å². The SMILES string of the molecule is OCC1CC(O)CC(c2cc(Cc3ccc4c(c3)OCCO4)c(C(F)F)c3c2CCC3)O1. The minimum Gasteiger partial charge on any atom is -0.486 e. The number of ether oxygens (including phenoxy) is 3. The molecule has 0 amide bonds. The molecule has 0 radical (unpaired) electrons. The smallest absolute Gasteiger partial charge is 0.264 e. The average Bonchev–Trinajstić information content (AvgIpc) is 3.27. The number of aliphatic hydroxyl groups excluding tert-OH is 2. The highest BCUT2D eigenvalue weighted by Crippen LogP contribution is 2.43. The van der Waals surface area contributed by atoms with Gasteiger partial charge in [-0.25, -0.2) is 8.78 Å². The van der Waals surface area contributed by atoms with Crippen LogP contribution in [0.1, 0.15) is 65.2 Å². The van der Waals surface area contributed by atoms with E-state index < -0.39 is 24.7 Å². The molecule has 0 saturated carbocycles. The fraction of sp³-hybridized carbons (Fsp3) is 0.520. The minimum atomic E-state index is -2.56. The lowest BCUT2D eigenvalue weighted by molar-refractivity contribution is -0.114. The van der Waals surface area contributed by atoms with Crippen LogP contribution in [0.2, 0.25) is 0 Å². The zero-order valence-electron chi connectivity index (χ0n) is 17.9. The Morgan fingerprint density at radius 1 is 1.00 bits per heavy atom. The van der Waals surface area contributed by atoms with Crippen molar-refractivity contribution < 1.29 is 33.2 Å². The Morgan fingerprint density at radius 2 is 1.78 bits per heavy atom. The predicted octanol–water partition coefficient (Wildman–Crippen LogP) is 4.05. The Kier molecular flexibility index (Phi) is 6.05. The van der Waals surface area contributed by atoms with E-state index in [2.05, 4.69) is 0 Å². The minimum absolute atomic E-state index is 0.131. The zero-order valence-corrected chi connectivity index (χ0v) is 17.9. The fourth-order valence-corrected chi connectivity index (χ4v) is 5.34. The molecule has 0 bridgehead atoms. The Morgan fingerprint density at radius 3 is 2.56 bits per heavy atom. The van der Waals surface area contributed by atoms with Gasteiger partial charge in [0.15, 0.2) is 11.5 Å². The maximum atomic E-state index is 14.3. The van der Waals surface area contributed by atoms with E-state index in [-0.39, 0.29) is 12.2 Å². The van der Waals surface area contributed by atoms with Gasteiger partial charge < -0.3 is 24.4 Å². The molecule has 172 valence electrons. The van der Waals surface area contributed by atoms with Crippen LogP contribution >= 0.6 is 0 Å². The van der Waals surface area contributed by atoms with E-state index in [0.29, 0.717) is 56.0 Å². The van der Waals surface area contributed by atoms with Crippen molar-refractivity contribution in [2.45, 2.75) is 63.3 Å². The van der Waals surface area contributed by atoms with Gasteiger partial charge in [-0.3, -0.25) is 0 Å². The second-order valence-electron chi connectivity index (χ2n) is 8.86. The molecule has 7 heteroatoms. The summed E-state index contributed by atoms with van der Waals surface area (Å²) in [6.45, 7) is 0.794. The van der Waals surface area contributed by atoms with Crippen LogP contribution in [-0.2, 0) is 24.0 Å². The van der Waals surface area contributed by atoms with Crippen LogP contribution in [-0.4, -0.2) is 42.2 Å². The maximum absolute atomic E-state index is 14.3. The molecule has 2 aromatic rings. The van der Waals surface area contributed by atoms with Gasteiger partial charge in [0.2, 0.25) is 0 Å². The van der Waals surface area contributed by atoms with Crippen LogP contribution in [0.25, 0.3) is 0 Å². The Bertz CT molecular complexity index is 993. The van der Waals surface area contributed by atoms with E-state index in [1.807, 2.05) is 24.3 Å². The highest BCUT2D eigenvalue weighted by Gasteiger charge is 2.34. The molecule has 1 saturated heterocycles. The average molecular weight is 446 g/mol. The van der Waals surface area contributed by atoms with Gasteiger partial charge in [0, 0.05) is 18.4 Å². The third kappa shape index (κ3) is 4.09. The number of fused-ring (bicyclic) bond motifs is 2. The van der Waals surface area contributed by atoms with Gasteiger partial charge in [-0.05, 0) is 65.6 Å². The zero-order chi connectivity index (χ0) is 22.2. The normalized spacial score (nSPS) is 24.6. The summed E-state index contributed by atoms with van der Waals surface area (Å²) >= 11 is 0. The standard InChI is InChI=1S/C25H28F2O5/c26-25(27)24-15(8-14-4-5-21-23(9-14)31-7-6-30-21)10-20(18-2-1-3-19(18)24)22-12-16(29)11-17(13-28)32-22/h4-5,9-10,16-17,22,25,28-29H,1-3,6-8,11-13H2. The molecule has 2 aromatic carbocycles. The van der Waals surface area contributed by atoms with E-state index in [1.54, 1.807) is 0 Å². The van der Waals surface area contributed by atoms with Crippen LogP contribution in [0, 0.1) is 0 Å². The van der Waals surface area contributed by atoms with Crippen molar-refractivity contribution in [3.8, 4) is 11.5 Å². The van der Waals surface area contributed by atoms with E-state index >= 15 is 0 Å². The lowest BCUT2D eigenvalue weighted by atomic mass is 9.85. The van der Waals surface area contributed by atoms with Crippen molar-refractivity contribution in [3.05, 3.63) is 57.6 Å². The number of alkyl halides is 2. The Labute approximate surface area is 185 Å². The summed E-state index contributed by atoms with van der Waals surface area (Å²) in [6, 6.07) is 7.42. The van der Waals surface area contributed by atoms with Crippen molar-refractivity contribution in [1.29, 1.82) is 0 Å². The van der Waals surface area contributed by atoms with Crippen molar-refractivity contribution in [2.24, 2.45) is 0 Å². The van der Waals surface area contributed by atoms with Crippen LogP contribution in [0.5, 0.6) is 11.5 Å². The molecule has 2 N–H and O–H groups in total. The van der Waals surface area contributed by atoms with Crippen molar-refractivity contribution in [3.63, 3.8) is 0 Å². The number of hydrogen-bond donors (Lipinski definition) is 2. The van der Waals surface area contributed by atoms with E-state index in [9.17, 15) is 19.0 Å². The van der Waals surface area contributed by atoms with E-state index in [1.165, 1.54) is 0 Å². The third-order valence-corrected chi connectivity index (χ3v) is 6.71. The Hall–Kier alpha value is -2.22. The van der Waals surface area contributed by atoms with Crippen molar-refractivity contribution in [1.82, 2.24) is 0 Å². The number of aliphatic hydroxyl groups is 2. The second-order valence-corrected chi connectivity index (χ2v) is 8.86. The molecule has 0 aromatic heterocycles. The molecule has 1 aliphatic carbocycles. The first kappa shape index (κ1) is 21.6. The lowest BCUT2D eigenvalue weighted by Gasteiger charge is -2.34. The maximum Gasteiger partial charge on any atom is 0.264 e. The van der Waals surface area contributed by atoms with Gasteiger partial charge in [-0.2, -0.15) is 0 Å². The van der Waals surface area contributed by atoms with Crippen molar-refractivity contribution in [2.75, 3.05) is 19.8 Å². The number of hydrogen-bond acceptors (Lipinski definition) is 5. The van der Waals surface area contributed by atoms with E-state index in [0.717, 1.165) is 35.1 Å². The molecular weight excluding hydrogens is 418 g/mol. The van der Waals surface area contributed by atoms with Crippen LogP contribution in [0.3, 0.4) is 0 Å². The molecule has 5 nitrogen and oxygen atoms in total. The summed E-state index contributed by atoms with van der Waals surface area (Å²) in [4.78, 5) is 0. The molecule has 5 rings (SSSR count). The van der Waals surface area contributed by atoms with Gasteiger partial charge in [0.05, 0.1) is 24.9 Å². The van der Waals surface area contributed by atoms with Gasteiger partial charge in [0.25, 0.3) is 6.43 Å². The third-order valence-electron chi connectivity index (χ3n) is 6.71. The summed E-state index contributed by atoms with van der Waals surface area (Å²) < 4.78 is 45.8. The van der Waals surface area contributed by atoms with Gasteiger partial charge in [-0.15, -0.1) is 0 Å². The second kappa shape index (κ2) is 8.96. The van der Waals surface area contributed by atoms with Gasteiger partial charge >= 0.3 is 0 Å². The molecule has 3 atom stereocenters. The quantitative estimate of drug-likeness (QED) is 0.726. The molecule has 0 spiro atoms. The molecule has 2 aliphatic heterocycles. The summed E-state index contributed by atoms with van der Waals surface area (Å²) in [5.74, 6) is 1.31. The monoisotopic (exact) mass is 446 g/mol. The highest BCUT2D eigenvalue weighted by molar-refractivity contribution is 5.52.